The summed E-state index contributed by atoms with van der Waals surface area (Å²) >= 11 is 0. The Morgan fingerprint density at radius 2 is 2.00 bits per heavy atom. The van der Waals surface area contributed by atoms with Crippen LogP contribution in [0, 0.1) is 0 Å². The van der Waals surface area contributed by atoms with Crippen LogP contribution in [-0.2, 0) is 11.3 Å². The molecule has 160 valence electrons. The van der Waals surface area contributed by atoms with E-state index in [1.54, 1.807) is 10.9 Å². The fraction of sp³-hybridized carbons (Fsp3) is 0.429. The predicted octanol–water partition coefficient (Wildman–Crippen LogP) is 2.86. The Labute approximate surface area is 179 Å². The smallest absolute Gasteiger partial charge is 0.225 e. The zero-order chi connectivity index (χ0) is 21.0. The van der Waals surface area contributed by atoms with Gasteiger partial charge in [-0.05, 0) is 31.9 Å². The summed E-state index contributed by atoms with van der Waals surface area (Å²) in [5.74, 6) is 1.26. The number of hydrogen-bond donors (Lipinski definition) is 1. The molecule has 0 aromatic carbocycles. The van der Waals surface area contributed by atoms with Crippen LogP contribution in [0.15, 0.2) is 36.9 Å². The number of nitrogens with one attached hydrogen (secondary N) is 1. The summed E-state index contributed by atoms with van der Waals surface area (Å²) in [5, 5.41) is 16.2. The fourth-order valence-corrected chi connectivity index (χ4v) is 3.82. The number of pyridine rings is 1. The van der Waals surface area contributed by atoms with E-state index >= 15 is 0 Å². The van der Waals surface area contributed by atoms with Crippen molar-refractivity contribution in [2.45, 2.75) is 45.2 Å². The van der Waals surface area contributed by atoms with Crippen molar-refractivity contribution < 1.29 is 4.74 Å². The minimum atomic E-state index is 0.439. The number of aromatic nitrogens is 8. The molecule has 5 rings (SSSR count). The molecule has 1 saturated carbocycles. The molecular formula is C21H25N9O. The minimum Gasteiger partial charge on any atom is -0.380 e. The maximum absolute atomic E-state index is 5.39. The molecule has 10 nitrogen and oxygen atoms in total. The lowest BCUT2D eigenvalue weighted by atomic mass is 10.2. The van der Waals surface area contributed by atoms with Crippen molar-refractivity contribution in [3.8, 4) is 16.9 Å². The molecule has 0 amide bonds. The highest BCUT2D eigenvalue weighted by atomic mass is 16.5. The van der Waals surface area contributed by atoms with Gasteiger partial charge in [0.2, 0.25) is 5.95 Å². The van der Waals surface area contributed by atoms with Gasteiger partial charge in [0.25, 0.3) is 0 Å². The third-order valence-electron chi connectivity index (χ3n) is 5.48. The van der Waals surface area contributed by atoms with Crippen LogP contribution < -0.4 is 5.32 Å². The monoisotopic (exact) mass is 419 g/mol. The first-order valence-electron chi connectivity index (χ1n) is 10.7. The highest BCUT2D eigenvalue weighted by molar-refractivity contribution is 5.72. The first-order chi connectivity index (χ1) is 15.3. The Kier molecular flexibility index (Phi) is 5.53. The molecule has 4 aromatic rings. The molecule has 1 fully saturated rings. The van der Waals surface area contributed by atoms with Crippen molar-refractivity contribution in [2.24, 2.45) is 0 Å². The minimum absolute atomic E-state index is 0.439. The quantitative estimate of drug-likeness (QED) is 0.434. The Balaban J connectivity index is 1.35. The van der Waals surface area contributed by atoms with Crippen molar-refractivity contribution in [1.82, 2.24) is 39.7 Å². The molecule has 0 bridgehead atoms. The second-order valence-electron chi connectivity index (χ2n) is 7.62. The molecule has 1 aliphatic carbocycles. The predicted molar refractivity (Wildman–Crippen MR) is 116 cm³/mol. The summed E-state index contributed by atoms with van der Waals surface area (Å²) in [6, 6.07) is 4.35. The lowest BCUT2D eigenvalue weighted by Crippen LogP contribution is -2.16. The molecule has 1 N–H and O–H groups in total. The van der Waals surface area contributed by atoms with Crippen molar-refractivity contribution in [1.29, 1.82) is 0 Å². The van der Waals surface area contributed by atoms with Crippen LogP contribution in [0.4, 0.5) is 5.95 Å². The fourth-order valence-electron chi connectivity index (χ4n) is 3.82. The second kappa shape index (κ2) is 8.76. The van der Waals surface area contributed by atoms with Gasteiger partial charge in [0.05, 0.1) is 25.5 Å². The molecule has 0 radical (unpaired) electrons. The third kappa shape index (κ3) is 4.24. The van der Waals surface area contributed by atoms with Gasteiger partial charge in [-0.3, -0.25) is 4.68 Å². The topological polar surface area (TPSA) is 108 Å². The summed E-state index contributed by atoms with van der Waals surface area (Å²) in [7, 11) is 0. The average Bonchev–Trinajstić information content (AvgIpc) is 3.55. The summed E-state index contributed by atoms with van der Waals surface area (Å²) in [5.41, 5.74) is 3.26. The summed E-state index contributed by atoms with van der Waals surface area (Å²) < 4.78 is 8.91. The van der Waals surface area contributed by atoms with E-state index in [9.17, 15) is 0 Å². The molecule has 10 heteroatoms. The van der Waals surface area contributed by atoms with E-state index in [-0.39, 0.29) is 0 Å². The third-order valence-corrected chi connectivity index (χ3v) is 5.48. The number of rotatable bonds is 8. The average molecular weight is 419 g/mol. The van der Waals surface area contributed by atoms with E-state index < -0.39 is 0 Å². The van der Waals surface area contributed by atoms with Crippen LogP contribution in [0.25, 0.3) is 28.1 Å². The van der Waals surface area contributed by atoms with Crippen molar-refractivity contribution in [2.75, 3.05) is 18.5 Å². The molecule has 0 spiro atoms. The highest BCUT2D eigenvalue weighted by Crippen LogP contribution is 2.22. The maximum atomic E-state index is 5.39. The van der Waals surface area contributed by atoms with E-state index in [2.05, 4.69) is 35.7 Å². The van der Waals surface area contributed by atoms with Gasteiger partial charge in [0.1, 0.15) is 0 Å². The van der Waals surface area contributed by atoms with Crippen molar-refractivity contribution in [3.05, 3.63) is 36.9 Å². The van der Waals surface area contributed by atoms with E-state index in [1.807, 2.05) is 42.3 Å². The van der Waals surface area contributed by atoms with E-state index in [1.165, 1.54) is 12.8 Å². The van der Waals surface area contributed by atoms with E-state index in [0.717, 1.165) is 30.5 Å². The zero-order valence-corrected chi connectivity index (χ0v) is 17.5. The van der Waals surface area contributed by atoms with Gasteiger partial charge in [-0.15, -0.1) is 5.10 Å². The molecule has 4 aromatic heterocycles. The molecule has 0 saturated heterocycles. The standard InChI is InChI=1S/C21H25N9O/c1-2-31-10-9-29-14-16(12-24-29)15-7-8-19(22-11-15)30-20-18(27-28-30)13-23-21(26-20)25-17-5-3-4-6-17/h7-8,11-14,17H,2-6,9-10H2,1H3,(H,23,25,26). The molecule has 31 heavy (non-hydrogen) atoms. The number of hydrogen-bond acceptors (Lipinski definition) is 8. The number of anilines is 1. The van der Waals surface area contributed by atoms with Gasteiger partial charge in [-0.25, -0.2) is 9.97 Å². The SMILES string of the molecule is CCOCCn1cc(-c2ccc(-n3nnc4cnc(NC5CCCC5)nc43)nc2)cn1. The molecule has 4 heterocycles. The first-order valence-corrected chi connectivity index (χ1v) is 10.7. The second-order valence-corrected chi connectivity index (χ2v) is 7.62. The van der Waals surface area contributed by atoms with Gasteiger partial charge >= 0.3 is 0 Å². The Bertz CT molecular complexity index is 1150. The molecular weight excluding hydrogens is 394 g/mol. The lowest BCUT2D eigenvalue weighted by molar-refractivity contribution is 0.136. The number of fused-ring (bicyclic) bond motifs is 1. The van der Waals surface area contributed by atoms with Crippen LogP contribution in [0.2, 0.25) is 0 Å². The number of nitrogens with zero attached hydrogens (tertiary/aromatic N) is 8. The van der Waals surface area contributed by atoms with E-state index in [0.29, 0.717) is 42.2 Å². The summed E-state index contributed by atoms with van der Waals surface area (Å²) in [4.78, 5) is 13.6. The molecule has 0 atom stereocenters. The normalized spacial score (nSPS) is 14.5. The van der Waals surface area contributed by atoms with Crippen molar-refractivity contribution >= 4 is 17.1 Å². The van der Waals surface area contributed by atoms with Crippen molar-refractivity contribution in [3.63, 3.8) is 0 Å². The highest BCUT2D eigenvalue weighted by Gasteiger charge is 2.17. The van der Waals surface area contributed by atoms with Crippen LogP contribution in [0.1, 0.15) is 32.6 Å². The van der Waals surface area contributed by atoms with Gasteiger partial charge in [0, 0.05) is 36.2 Å². The van der Waals surface area contributed by atoms with Crippen LogP contribution in [0.3, 0.4) is 0 Å². The largest absolute Gasteiger partial charge is 0.380 e. The Morgan fingerprint density at radius 3 is 2.81 bits per heavy atom. The van der Waals surface area contributed by atoms with Crippen LogP contribution in [-0.4, -0.2) is 59.0 Å². The van der Waals surface area contributed by atoms with E-state index in [4.69, 9.17) is 4.74 Å². The first kappa shape index (κ1) is 19.6. The van der Waals surface area contributed by atoms with Gasteiger partial charge in [-0.1, -0.05) is 18.1 Å². The number of ether oxygens (including phenoxy) is 1. The van der Waals surface area contributed by atoms with Gasteiger partial charge < -0.3 is 10.1 Å². The molecule has 0 aliphatic heterocycles. The van der Waals surface area contributed by atoms with Crippen LogP contribution >= 0.6 is 0 Å². The lowest BCUT2D eigenvalue weighted by Gasteiger charge is -2.11. The van der Waals surface area contributed by atoms with Gasteiger partial charge in [-0.2, -0.15) is 14.8 Å². The summed E-state index contributed by atoms with van der Waals surface area (Å²) in [6.07, 6.45) is 12.2. The van der Waals surface area contributed by atoms with Gasteiger partial charge in [0.15, 0.2) is 17.0 Å². The summed E-state index contributed by atoms with van der Waals surface area (Å²) in [6.45, 7) is 4.06. The molecule has 1 aliphatic rings. The zero-order valence-electron chi connectivity index (χ0n) is 17.5. The van der Waals surface area contributed by atoms with Crippen LogP contribution in [0.5, 0.6) is 0 Å². The maximum Gasteiger partial charge on any atom is 0.225 e. The Morgan fingerprint density at radius 1 is 1.10 bits per heavy atom. The Hall–Kier alpha value is -3.40. The molecule has 0 unspecified atom stereocenters.